The SMILES string of the molecule is CNC(=O)c1ccnc2c([C@H](C)CNc3cc(-c4ccc(NCCCO)nc4)ncn3)cccc12. The number of nitrogens with zero attached hydrogens (tertiary/aromatic N) is 4. The predicted octanol–water partition coefficient (Wildman–Crippen LogP) is 3.46. The Labute approximate surface area is 204 Å². The number of amides is 1. The van der Waals surface area contributed by atoms with Gasteiger partial charge in [0, 0.05) is 62.1 Å². The van der Waals surface area contributed by atoms with Crippen LogP contribution in [0.25, 0.3) is 22.2 Å². The fourth-order valence-electron chi connectivity index (χ4n) is 3.85. The molecule has 0 fully saturated rings. The van der Waals surface area contributed by atoms with Crippen LogP contribution in [0.15, 0.2) is 61.2 Å². The molecule has 1 atom stereocenters. The van der Waals surface area contributed by atoms with Gasteiger partial charge in [-0.2, -0.15) is 0 Å². The summed E-state index contributed by atoms with van der Waals surface area (Å²) in [6.07, 6.45) is 5.65. The molecule has 35 heavy (non-hydrogen) atoms. The van der Waals surface area contributed by atoms with Crippen molar-refractivity contribution in [1.29, 1.82) is 0 Å². The van der Waals surface area contributed by atoms with Crippen LogP contribution in [0.2, 0.25) is 0 Å². The van der Waals surface area contributed by atoms with Crippen molar-refractivity contribution in [2.24, 2.45) is 0 Å². The second-order valence-electron chi connectivity index (χ2n) is 8.19. The average molecular weight is 472 g/mol. The largest absolute Gasteiger partial charge is 0.396 e. The third kappa shape index (κ3) is 5.70. The number of fused-ring (bicyclic) bond motifs is 1. The number of aliphatic hydroxyl groups excluding tert-OH is 1. The van der Waals surface area contributed by atoms with Crippen molar-refractivity contribution in [2.45, 2.75) is 19.3 Å². The highest BCUT2D eigenvalue weighted by atomic mass is 16.3. The molecule has 0 saturated carbocycles. The van der Waals surface area contributed by atoms with Crippen molar-refractivity contribution in [3.63, 3.8) is 0 Å². The molecule has 0 spiro atoms. The minimum Gasteiger partial charge on any atom is -0.396 e. The molecule has 0 aliphatic rings. The molecule has 4 N–H and O–H groups in total. The number of para-hydroxylation sites is 1. The first-order valence-electron chi connectivity index (χ1n) is 11.6. The maximum Gasteiger partial charge on any atom is 0.251 e. The van der Waals surface area contributed by atoms with Crippen LogP contribution < -0.4 is 16.0 Å². The van der Waals surface area contributed by atoms with Gasteiger partial charge < -0.3 is 21.1 Å². The van der Waals surface area contributed by atoms with Gasteiger partial charge in [0.15, 0.2) is 0 Å². The number of nitrogens with one attached hydrogen (secondary N) is 3. The molecule has 0 unspecified atom stereocenters. The van der Waals surface area contributed by atoms with E-state index in [9.17, 15) is 4.79 Å². The van der Waals surface area contributed by atoms with Gasteiger partial charge in [-0.05, 0) is 30.2 Å². The number of anilines is 2. The molecular formula is C26H29N7O2. The van der Waals surface area contributed by atoms with Crippen molar-refractivity contribution in [2.75, 3.05) is 37.4 Å². The van der Waals surface area contributed by atoms with Crippen molar-refractivity contribution in [1.82, 2.24) is 25.3 Å². The zero-order chi connectivity index (χ0) is 24.6. The molecular weight excluding hydrogens is 442 g/mol. The summed E-state index contributed by atoms with van der Waals surface area (Å²) in [4.78, 5) is 30.0. The van der Waals surface area contributed by atoms with E-state index in [4.69, 9.17) is 5.11 Å². The topological polar surface area (TPSA) is 125 Å². The van der Waals surface area contributed by atoms with Gasteiger partial charge in [0.05, 0.1) is 16.8 Å². The molecule has 0 radical (unpaired) electrons. The second kappa shape index (κ2) is 11.3. The summed E-state index contributed by atoms with van der Waals surface area (Å²) in [7, 11) is 1.63. The number of carbonyl (C=O) groups excluding carboxylic acids is 1. The van der Waals surface area contributed by atoms with Crippen molar-refractivity contribution < 1.29 is 9.90 Å². The Bertz CT molecular complexity index is 1290. The van der Waals surface area contributed by atoms with Crippen LogP contribution in [0.5, 0.6) is 0 Å². The first kappa shape index (κ1) is 24.0. The van der Waals surface area contributed by atoms with E-state index in [0.29, 0.717) is 30.9 Å². The molecule has 9 heteroatoms. The summed E-state index contributed by atoms with van der Waals surface area (Å²) in [6, 6.07) is 13.4. The summed E-state index contributed by atoms with van der Waals surface area (Å²) in [5.74, 6) is 1.46. The Balaban J connectivity index is 1.46. The third-order valence-corrected chi connectivity index (χ3v) is 5.76. The van der Waals surface area contributed by atoms with Crippen LogP contribution >= 0.6 is 0 Å². The number of rotatable bonds is 10. The molecule has 4 rings (SSSR count). The van der Waals surface area contributed by atoms with E-state index in [0.717, 1.165) is 33.5 Å². The van der Waals surface area contributed by atoms with E-state index in [1.165, 1.54) is 6.33 Å². The summed E-state index contributed by atoms with van der Waals surface area (Å²) in [5, 5.41) is 19.0. The lowest BCUT2D eigenvalue weighted by Gasteiger charge is -2.16. The Morgan fingerprint density at radius 3 is 2.69 bits per heavy atom. The van der Waals surface area contributed by atoms with E-state index in [-0.39, 0.29) is 18.4 Å². The lowest BCUT2D eigenvalue weighted by atomic mass is 9.96. The molecule has 1 aromatic carbocycles. The fourth-order valence-corrected chi connectivity index (χ4v) is 3.85. The van der Waals surface area contributed by atoms with Crippen LogP contribution in [0.1, 0.15) is 35.2 Å². The Kier molecular flexibility index (Phi) is 7.79. The molecule has 0 saturated heterocycles. The standard InChI is InChI=1S/C26H29N7O2/c1-17(19-5-3-6-20-21(26(35)27-2)9-11-29-25(19)20)14-30-24-13-22(32-16-33-24)18-7-8-23(31-15-18)28-10-4-12-34/h3,5-9,11,13,15-17,34H,4,10,12,14H2,1-2H3,(H,27,35)(H,28,31)(H,30,32,33)/t17-/m1/s1. The number of aliphatic hydroxyl groups is 1. The zero-order valence-electron chi connectivity index (χ0n) is 19.8. The van der Waals surface area contributed by atoms with Gasteiger partial charge in [0.2, 0.25) is 0 Å². The quantitative estimate of drug-likeness (QED) is 0.259. The van der Waals surface area contributed by atoms with Crippen molar-refractivity contribution >= 4 is 28.4 Å². The van der Waals surface area contributed by atoms with Gasteiger partial charge in [-0.15, -0.1) is 0 Å². The van der Waals surface area contributed by atoms with Crippen LogP contribution in [-0.2, 0) is 0 Å². The molecule has 3 heterocycles. The lowest BCUT2D eigenvalue weighted by Crippen LogP contribution is -2.18. The summed E-state index contributed by atoms with van der Waals surface area (Å²) < 4.78 is 0. The first-order valence-corrected chi connectivity index (χ1v) is 11.6. The molecule has 0 bridgehead atoms. The fraction of sp³-hybridized carbons (Fsp3) is 0.269. The van der Waals surface area contributed by atoms with Gasteiger partial charge in [0.25, 0.3) is 5.91 Å². The van der Waals surface area contributed by atoms with E-state index < -0.39 is 0 Å². The predicted molar refractivity (Wildman–Crippen MR) is 137 cm³/mol. The smallest absolute Gasteiger partial charge is 0.251 e. The number of carbonyl (C=O) groups is 1. The summed E-state index contributed by atoms with van der Waals surface area (Å²) in [5.41, 5.74) is 4.15. The van der Waals surface area contributed by atoms with E-state index in [2.05, 4.69) is 42.8 Å². The maximum atomic E-state index is 12.3. The highest BCUT2D eigenvalue weighted by Crippen LogP contribution is 2.27. The number of benzene rings is 1. The number of hydrogen-bond acceptors (Lipinski definition) is 8. The molecule has 0 aliphatic heterocycles. The normalized spacial score (nSPS) is 11.7. The minimum absolute atomic E-state index is 0.121. The second-order valence-corrected chi connectivity index (χ2v) is 8.19. The van der Waals surface area contributed by atoms with Gasteiger partial charge in [0.1, 0.15) is 18.0 Å². The molecule has 0 aliphatic carbocycles. The first-order chi connectivity index (χ1) is 17.1. The minimum atomic E-state index is -0.127. The van der Waals surface area contributed by atoms with E-state index >= 15 is 0 Å². The van der Waals surface area contributed by atoms with Crippen LogP contribution in [0.4, 0.5) is 11.6 Å². The van der Waals surface area contributed by atoms with Crippen LogP contribution in [-0.4, -0.2) is 57.7 Å². The maximum absolute atomic E-state index is 12.3. The number of hydrogen-bond donors (Lipinski definition) is 4. The Morgan fingerprint density at radius 2 is 1.91 bits per heavy atom. The van der Waals surface area contributed by atoms with Gasteiger partial charge in [-0.25, -0.2) is 15.0 Å². The Hall–Kier alpha value is -4.11. The summed E-state index contributed by atoms with van der Waals surface area (Å²) in [6.45, 7) is 3.56. The zero-order valence-corrected chi connectivity index (χ0v) is 19.8. The molecule has 9 nitrogen and oxygen atoms in total. The van der Waals surface area contributed by atoms with Crippen molar-refractivity contribution in [3.8, 4) is 11.3 Å². The lowest BCUT2D eigenvalue weighted by molar-refractivity contribution is 0.0964. The van der Waals surface area contributed by atoms with E-state index in [1.807, 2.05) is 36.4 Å². The monoisotopic (exact) mass is 471 g/mol. The summed E-state index contributed by atoms with van der Waals surface area (Å²) >= 11 is 0. The van der Waals surface area contributed by atoms with Crippen LogP contribution in [0.3, 0.4) is 0 Å². The van der Waals surface area contributed by atoms with Crippen LogP contribution in [0, 0.1) is 0 Å². The molecule has 1 amide bonds. The van der Waals surface area contributed by atoms with Gasteiger partial charge in [-0.1, -0.05) is 25.1 Å². The van der Waals surface area contributed by atoms with Gasteiger partial charge >= 0.3 is 0 Å². The molecule has 180 valence electrons. The van der Waals surface area contributed by atoms with Gasteiger partial charge in [-0.3, -0.25) is 9.78 Å². The average Bonchev–Trinajstić information content (AvgIpc) is 2.91. The third-order valence-electron chi connectivity index (χ3n) is 5.76. The highest BCUT2D eigenvalue weighted by Gasteiger charge is 2.15. The highest BCUT2D eigenvalue weighted by molar-refractivity contribution is 6.06. The number of pyridine rings is 2. The molecule has 4 aromatic rings. The number of aromatic nitrogens is 4. The van der Waals surface area contributed by atoms with Crippen molar-refractivity contribution in [3.05, 3.63) is 72.3 Å². The Morgan fingerprint density at radius 1 is 1.03 bits per heavy atom. The molecule has 3 aromatic heterocycles. The van der Waals surface area contributed by atoms with E-state index in [1.54, 1.807) is 25.5 Å².